The third-order valence-corrected chi connectivity index (χ3v) is 4.28. The van der Waals surface area contributed by atoms with E-state index in [1.54, 1.807) is 0 Å². The highest BCUT2D eigenvalue weighted by molar-refractivity contribution is 6.01. The number of rotatable bonds is 1. The Labute approximate surface area is 120 Å². The number of carbonyl (C=O) groups is 1. The summed E-state index contributed by atoms with van der Waals surface area (Å²) < 4.78 is 5.73. The lowest BCUT2D eigenvalue weighted by Gasteiger charge is -2.37. The number of hydrogen-bond donors (Lipinski definition) is 1. The van der Waals surface area contributed by atoms with Crippen LogP contribution in [0.25, 0.3) is 0 Å². The fraction of sp³-hybridized carbons (Fsp3) is 0.562. The van der Waals surface area contributed by atoms with Gasteiger partial charge in [0.2, 0.25) is 5.91 Å². The molecule has 0 radical (unpaired) electrons. The molecule has 2 aliphatic rings. The normalized spacial score (nSPS) is 26.4. The van der Waals surface area contributed by atoms with Crippen LogP contribution in [0, 0.1) is 0 Å². The van der Waals surface area contributed by atoms with Crippen LogP contribution in [-0.2, 0) is 4.79 Å². The second kappa shape index (κ2) is 5.44. The van der Waals surface area contributed by atoms with Crippen molar-refractivity contribution in [2.75, 3.05) is 24.6 Å². The van der Waals surface area contributed by atoms with Crippen LogP contribution in [0.4, 0.5) is 5.69 Å². The van der Waals surface area contributed by atoms with E-state index in [4.69, 9.17) is 4.74 Å². The Morgan fingerprint density at radius 1 is 1.30 bits per heavy atom. The molecule has 1 fully saturated rings. The van der Waals surface area contributed by atoms with Crippen LogP contribution in [-0.4, -0.2) is 31.1 Å². The molecule has 1 atom stereocenters. The van der Waals surface area contributed by atoms with Crippen LogP contribution < -0.4 is 15.0 Å². The minimum absolute atomic E-state index is 0.176. The molecule has 0 aromatic heterocycles. The van der Waals surface area contributed by atoms with E-state index >= 15 is 0 Å². The molecular weight excluding hydrogens is 252 g/mol. The van der Waals surface area contributed by atoms with Gasteiger partial charge >= 0.3 is 0 Å². The fourth-order valence-electron chi connectivity index (χ4n) is 3.08. The van der Waals surface area contributed by atoms with Crippen LogP contribution >= 0.6 is 0 Å². The molecule has 2 heterocycles. The molecule has 1 saturated heterocycles. The van der Waals surface area contributed by atoms with E-state index in [9.17, 15) is 4.79 Å². The quantitative estimate of drug-likeness (QED) is 0.854. The van der Waals surface area contributed by atoms with E-state index in [1.165, 1.54) is 0 Å². The standard InChI is InChI=1S/C16H22N2O2/c1-16(9-4-5-10-17-16)15(19)18-11-6-12-20-14-8-3-2-7-13(14)18/h2-3,7-8,17H,4-6,9-12H2,1H3. The third-order valence-electron chi connectivity index (χ3n) is 4.28. The summed E-state index contributed by atoms with van der Waals surface area (Å²) in [4.78, 5) is 14.9. The minimum Gasteiger partial charge on any atom is -0.491 e. The van der Waals surface area contributed by atoms with Gasteiger partial charge in [-0.15, -0.1) is 0 Å². The molecule has 108 valence electrons. The van der Waals surface area contributed by atoms with E-state index in [0.29, 0.717) is 6.61 Å². The van der Waals surface area contributed by atoms with Crippen molar-refractivity contribution in [2.24, 2.45) is 0 Å². The first-order chi connectivity index (χ1) is 9.71. The van der Waals surface area contributed by atoms with Crippen molar-refractivity contribution >= 4 is 11.6 Å². The molecule has 4 nitrogen and oxygen atoms in total. The van der Waals surface area contributed by atoms with E-state index < -0.39 is 5.54 Å². The number of nitrogens with zero attached hydrogens (tertiary/aromatic N) is 1. The first kappa shape index (κ1) is 13.4. The highest BCUT2D eigenvalue weighted by Crippen LogP contribution is 2.33. The predicted molar refractivity (Wildman–Crippen MR) is 79.2 cm³/mol. The van der Waals surface area contributed by atoms with Crippen LogP contribution in [0.3, 0.4) is 0 Å². The van der Waals surface area contributed by atoms with E-state index in [-0.39, 0.29) is 5.91 Å². The molecule has 4 heteroatoms. The Kier molecular flexibility index (Phi) is 3.66. The first-order valence-corrected chi connectivity index (χ1v) is 7.49. The molecule has 0 saturated carbocycles. The molecule has 0 bridgehead atoms. The number of anilines is 1. The minimum atomic E-state index is -0.435. The van der Waals surface area contributed by atoms with Gasteiger partial charge in [0.25, 0.3) is 0 Å². The van der Waals surface area contributed by atoms with Crippen LogP contribution in [0.2, 0.25) is 0 Å². The molecule has 1 aromatic carbocycles. The Hall–Kier alpha value is -1.55. The van der Waals surface area contributed by atoms with Crippen LogP contribution in [0.5, 0.6) is 5.75 Å². The lowest BCUT2D eigenvalue weighted by molar-refractivity contribution is -0.125. The predicted octanol–water partition coefficient (Wildman–Crippen LogP) is 2.33. The number of fused-ring (bicyclic) bond motifs is 1. The van der Waals surface area contributed by atoms with Crippen molar-refractivity contribution < 1.29 is 9.53 Å². The maximum absolute atomic E-state index is 13.0. The lowest BCUT2D eigenvalue weighted by Crippen LogP contribution is -2.58. The summed E-state index contributed by atoms with van der Waals surface area (Å²) in [7, 11) is 0. The van der Waals surface area contributed by atoms with Gasteiger partial charge in [0.1, 0.15) is 5.75 Å². The highest BCUT2D eigenvalue weighted by atomic mass is 16.5. The molecule has 2 aliphatic heterocycles. The van der Waals surface area contributed by atoms with Crippen molar-refractivity contribution in [3.05, 3.63) is 24.3 Å². The molecule has 20 heavy (non-hydrogen) atoms. The zero-order chi connectivity index (χ0) is 14.0. The maximum Gasteiger partial charge on any atom is 0.247 e. The summed E-state index contributed by atoms with van der Waals surface area (Å²) >= 11 is 0. The van der Waals surface area contributed by atoms with Gasteiger partial charge in [-0.1, -0.05) is 12.1 Å². The van der Waals surface area contributed by atoms with E-state index in [1.807, 2.05) is 36.1 Å². The summed E-state index contributed by atoms with van der Waals surface area (Å²) in [5, 5.41) is 3.41. The van der Waals surface area contributed by atoms with Crippen LogP contribution in [0.1, 0.15) is 32.6 Å². The molecule has 1 unspecified atom stereocenters. The first-order valence-electron chi connectivity index (χ1n) is 7.49. The van der Waals surface area contributed by atoms with Gasteiger partial charge in [-0.25, -0.2) is 0 Å². The molecule has 1 N–H and O–H groups in total. The Morgan fingerprint density at radius 2 is 2.15 bits per heavy atom. The van der Waals surface area contributed by atoms with Crippen molar-refractivity contribution in [3.8, 4) is 5.75 Å². The lowest BCUT2D eigenvalue weighted by atomic mass is 9.89. The summed E-state index contributed by atoms with van der Waals surface area (Å²) in [5.41, 5.74) is 0.471. The Balaban J connectivity index is 1.91. The van der Waals surface area contributed by atoms with Gasteiger partial charge in [0.15, 0.2) is 0 Å². The Morgan fingerprint density at radius 3 is 2.95 bits per heavy atom. The molecule has 1 amide bonds. The van der Waals surface area contributed by atoms with E-state index in [2.05, 4.69) is 5.32 Å². The molecule has 1 aromatic rings. The van der Waals surface area contributed by atoms with Crippen molar-refractivity contribution in [1.82, 2.24) is 5.32 Å². The van der Waals surface area contributed by atoms with E-state index in [0.717, 1.165) is 50.2 Å². The molecule has 0 aliphatic carbocycles. The number of amides is 1. The summed E-state index contributed by atoms with van der Waals surface area (Å²) in [6.07, 6.45) is 4.05. The van der Waals surface area contributed by atoms with Gasteiger partial charge in [-0.3, -0.25) is 4.79 Å². The van der Waals surface area contributed by atoms with Gasteiger partial charge in [0, 0.05) is 6.54 Å². The summed E-state index contributed by atoms with van der Waals surface area (Å²) in [5.74, 6) is 0.993. The summed E-state index contributed by atoms with van der Waals surface area (Å²) in [6, 6.07) is 7.83. The highest BCUT2D eigenvalue weighted by Gasteiger charge is 2.38. The van der Waals surface area contributed by atoms with Gasteiger partial charge in [-0.2, -0.15) is 0 Å². The zero-order valence-corrected chi connectivity index (χ0v) is 12.0. The van der Waals surface area contributed by atoms with Crippen molar-refractivity contribution in [2.45, 2.75) is 38.1 Å². The SMILES string of the molecule is CC1(C(=O)N2CCCOc3ccccc32)CCCCN1. The van der Waals surface area contributed by atoms with Gasteiger partial charge in [0.05, 0.1) is 17.8 Å². The molecule has 0 spiro atoms. The number of hydrogen-bond acceptors (Lipinski definition) is 3. The van der Waals surface area contributed by atoms with Crippen LogP contribution in [0.15, 0.2) is 24.3 Å². The van der Waals surface area contributed by atoms with Crippen molar-refractivity contribution in [1.29, 1.82) is 0 Å². The average molecular weight is 274 g/mol. The average Bonchev–Trinajstić information content (AvgIpc) is 2.69. The van der Waals surface area contributed by atoms with Gasteiger partial charge in [-0.05, 0) is 51.3 Å². The zero-order valence-electron chi connectivity index (χ0n) is 12.0. The second-order valence-electron chi connectivity index (χ2n) is 5.84. The second-order valence-corrected chi connectivity index (χ2v) is 5.84. The Bertz CT molecular complexity index is 495. The number of benzene rings is 1. The number of carbonyl (C=O) groups excluding carboxylic acids is 1. The largest absolute Gasteiger partial charge is 0.491 e. The summed E-state index contributed by atoms with van der Waals surface area (Å²) in [6.45, 7) is 4.36. The number of para-hydroxylation sites is 2. The number of piperidine rings is 1. The molecular formula is C16H22N2O2. The third kappa shape index (κ3) is 2.40. The monoisotopic (exact) mass is 274 g/mol. The van der Waals surface area contributed by atoms with Gasteiger partial charge < -0.3 is 15.0 Å². The maximum atomic E-state index is 13.0. The molecule has 3 rings (SSSR count). The topological polar surface area (TPSA) is 41.6 Å². The number of ether oxygens (including phenoxy) is 1. The number of nitrogens with one attached hydrogen (secondary N) is 1. The van der Waals surface area contributed by atoms with Crippen molar-refractivity contribution in [3.63, 3.8) is 0 Å². The smallest absolute Gasteiger partial charge is 0.247 e. The fourth-order valence-corrected chi connectivity index (χ4v) is 3.08.